The van der Waals surface area contributed by atoms with E-state index in [1.165, 1.54) is 11.3 Å². The van der Waals surface area contributed by atoms with Gasteiger partial charge in [0.25, 0.3) is 5.89 Å². The number of nitrogen functional groups attached to an aromatic ring is 1. The van der Waals surface area contributed by atoms with E-state index in [0.717, 1.165) is 26.0 Å². The van der Waals surface area contributed by atoms with Gasteiger partial charge < -0.3 is 10.3 Å². The van der Waals surface area contributed by atoms with Gasteiger partial charge in [-0.25, -0.2) is 0 Å². The van der Waals surface area contributed by atoms with Crippen LogP contribution in [0.3, 0.4) is 0 Å². The molecule has 0 radical (unpaired) electrons. The van der Waals surface area contributed by atoms with Crippen molar-refractivity contribution >= 4 is 33.0 Å². The number of nitrogens with two attached hydrogens (primary N) is 1. The molecule has 2 aromatic heterocycles. The molecule has 0 saturated heterocycles. The first kappa shape index (κ1) is 13.3. The molecule has 1 aromatic carbocycles. The normalized spacial score (nSPS) is 10.9. The Balaban J connectivity index is 2.01. The van der Waals surface area contributed by atoms with Gasteiger partial charge in [-0.1, -0.05) is 33.2 Å². The van der Waals surface area contributed by atoms with Gasteiger partial charge in [0.1, 0.15) is 4.88 Å². The maximum absolute atomic E-state index is 6.00. The molecule has 2 heterocycles. The summed E-state index contributed by atoms with van der Waals surface area (Å²) in [4.78, 5) is 5.25. The van der Waals surface area contributed by atoms with Crippen LogP contribution in [0.25, 0.3) is 22.2 Å². The molecule has 0 bridgehead atoms. The predicted octanol–water partition coefficient (Wildman–Crippen LogP) is 4.43. The second-order valence-corrected chi connectivity index (χ2v) is 6.28. The summed E-state index contributed by atoms with van der Waals surface area (Å²) in [6, 6.07) is 5.96. The second-order valence-electron chi connectivity index (χ2n) is 4.55. The van der Waals surface area contributed by atoms with Gasteiger partial charge in [0.15, 0.2) is 0 Å². The molecular formula is C14H12BrN3OS. The minimum atomic E-state index is 0.465. The molecule has 0 aliphatic carbocycles. The lowest BCUT2D eigenvalue weighted by Crippen LogP contribution is -1.87. The fourth-order valence-electron chi connectivity index (χ4n) is 1.78. The van der Waals surface area contributed by atoms with Crippen LogP contribution in [0.5, 0.6) is 0 Å². The van der Waals surface area contributed by atoms with Gasteiger partial charge in [0, 0.05) is 10.0 Å². The molecule has 0 aliphatic heterocycles. The van der Waals surface area contributed by atoms with Crippen LogP contribution in [0.4, 0.5) is 5.69 Å². The minimum Gasteiger partial charge on any atom is -0.397 e. The molecule has 3 aromatic rings. The summed E-state index contributed by atoms with van der Waals surface area (Å²) in [5.41, 5.74) is 9.81. The van der Waals surface area contributed by atoms with E-state index in [1.807, 2.05) is 37.4 Å². The maximum Gasteiger partial charge on any atom is 0.270 e. The van der Waals surface area contributed by atoms with Crippen molar-refractivity contribution in [3.63, 3.8) is 0 Å². The molecule has 0 fully saturated rings. The quantitative estimate of drug-likeness (QED) is 0.743. The Bertz CT molecular complexity index is 779. The van der Waals surface area contributed by atoms with Gasteiger partial charge in [0.05, 0.1) is 5.69 Å². The summed E-state index contributed by atoms with van der Waals surface area (Å²) in [5.74, 6) is 1.03. The number of rotatable bonds is 2. The maximum atomic E-state index is 6.00. The zero-order valence-corrected chi connectivity index (χ0v) is 13.4. The lowest BCUT2D eigenvalue weighted by atomic mass is 10.1. The molecule has 6 heteroatoms. The number of aryl methyl sites for hydroxylation is 2. The minimum absolute atomic E-state index is 0.465. The summed E-state index contributed by atoms with van der Waals surface area (Å²) in [5, 5.41) is 6.01. The number of anilines is 1. The first-order chi connectivity index (χ1) is 9.56. The molecule has 0 aliphatic rings. The van der Waals surface area contributed by atoms with Crippen LogP contribution in [0.15, 0.2) is 32.6 Å². The molecule has 3 rings (SSSR count). The zero-order valence-electron chi connectivity index (χ0n) is 11.0. The Labute approximate surface area is 128 Å². The first-order valence-corrected chi connectivity index (χ1v) is 7.67. The Kier molecular flexibility index (Phi) is 3.35. The molecule has 2 N–H and O–H groups in total. The average molecular weight is 350 g/mol. The van der Waals surface area contributed by atoms with Gasteiger partial charge in [0.2, 0.25) is 5.82 Å². The highest BCUT2D eigenvalue weighted by molar-refractivity contribution is 9.10. The molecule has 0 spiro atoms. The van der Waals surface area contributed by atoms with E-state index in [9.17, 15) is 0 Å². The van der Waals surface area contributed by atoms with Crippen molar-refractivity contribution in [1.29, 1.82) is 0 Å². The van der Waals surface area contributed by atoms with E-state index in [4.69, 9.17) is 10.3 Å². The van der Waals surface area contributed by atoms with Gasteiger partial charge in [-0.2, -0.15) is 4.98 Å². The van der Waals surface area contributed by atoms with Crippen LogP contribution in [-0.4, -0.2) is 10.1 Å². The Hall–Kier alpha value is -1.66. The fourth-order valence-corrected chi connectivity index (χ4v) is 3.06. The van der Waals surface area contributed by atoms with Crippen LogP contribution in [0.1, 0.15) is 11.1 Å². The lowest BCUT2D eigenvalue weighted by Gasteiger charge is -1.99. The monoisotopic (exact) mass is 349 g/mol. The van der Waals surface area contributed by atoms with Crippen LogP contribution < -0.4 is 5.73 Å². The van der Waals surface area contributed by atoms with E-state index >= 15 is 0 Å². The summed E-state index contributed by atoms with van der Waals surface area (Å²) < 4.78 is 6.34. The number of halogens is 1. The summed E-state index contributed by atoms with van der Waals surface area (Å²) in [7, 11) is 0. The van der Waals surface area contributed by atoms with Gasteiger partial charge in [-0.05, 0) is 36.4 Å². The van der Waals surface area contributed by atoms with E-state index in [1.54, 1.807) is 0 Å². The zero-order chi connectivity index (χ0) is 14.3. The highest BCUT2D eigenvalue weighted by atomic mass is 79.9. The molecule has 0 unspecified atom stereocenters. The highest BCUT2D eigenvalue weighted by Crippen LogP contribution is 2.34. The van der Waals surface area contributed by atoms with Crippen molar-refractivity contribution < 1.29 is 4.52 Å². The largest absolute Gasteiger partial charge is 0.397 e. The van der Waals surface area contributed by atoms with Crippen LogP contribution in [0, 0.1) is 13.8 Å². The van der Waals surface area contributed by atoms with Gasteiger partial charge >= 0.3 is 0 Å². The number of nitrogens with zero attached hydrogens (tertiary/aromatic N) is 2. The average Bonchev–Trinajstić information content (AvgIpc) is 3.02. The third kappa shape index (κ3) is 2.25. The van der Waals surface area contributed by atoms with E-state index < -0.39 is 0 Å². The molecule has 102 valence electrons. The van der Waals surface area contributed by atoms with E-state index in [-0.39, 0.29) is 0 Å². The third-order valence-electron chi connectivity index (χ3n) is 3.07. The van der Waals surface area contributed by atoms with Crippen molar-refractivity contribution in [2.24, 2.45) is 0 Å². The predicted molar refractivity (Wildman–Crippen MR) is 84.6 cm³/mol. The van der Waals surface area contributed by atoms with E-state index in [0.29, 0.717) is 17.4 Å². The molecule has 20 heavy (non-hydrogen) atoms. The van der Waals surface area contributed by atoms with Gasteiger partial charge in [-0.3, -0.25) is 0 Å². The molecule has 0 atom stereocenters. The number of hydrogen-bond donors (Lipinski definition) is 1. The van der Waals surface area contributed by atoms with Crippen molar-refractivity contribution in [2.45, 2.75) is 13.8 Å². The molecular weight excluding hydrogens is 338 g/mol. The SMILES string of the molecule is Cc1ccc(-c2noc(-c3scc(C)c3N)n2)cc1Br. The second kappa shape index (κ2) is 5.03. The fraction of sp³-hybridized carbons (Fsp3) is 0.143. The highest BCUT2D eigenvalue weighted by Gasteiger charge is 2.16. The summed E-state index contributed by atoms with van der Waals surface area (Å²) in [6.07, 6.45) is 0. The smallest absolute Gasteiger partial charge is 0.270 e. The van der Waals surface area contributed by atoms with Gasteiger partial charge in [-0.15, -0.1) is 11.3 Å². The van der Waals surface area contributed by atoms with Crippen molar-refractivity contribution in [3.8, 4) is 22.2 Å². The van der Waals surface area contributed by atoms with Crippen LogP contribution in [0.2, 0.25) is 0 Å². The number of benzene rings is 1. The lowest BCUT2D eigenvalue weighted by molar-refractivity contribution is 0.433. The van der Waals surface area contributed by atoms with Crippen molar-refractivity contribution in [3.05, 3.63) is 39.2 Å². The topological polar surface area (TPSA) is 64.9 Å². The molecule has 4 nitrogen and oxygen atoms in total. The van der Waals surface area contributed by atoms with Crippen molar-refractivity contribution in [2.75, 3.05) is 5.73 Å². The van der Waals surface area contributed by atoms with E-state index in [2.05, 4.69) is 26.1 Å². The standard InChI is InChI=1S/C14H12BrN3OS/c1-7-3-4-9(5-10(7)15)13-17-14(19-18-13)12-11(16)8(2)6-20-12/h3-6H,16H2,1-2H3. The molecule has 0 amide bonds. The molecule has 0 saturated carbocycles. The number of thiophene rings is 1. The number of aromatic nitrogens is 2. The Morgan fingerprint density at radius 2 is 2.05 bits per heavy atom. The van der Waals surface area contributed by atoms with Crippen LogP contribution in [-0.2, 0) is 0 Å². The first-order valence-electron chi connectivity index (χ1n) is 6.00. The number of hydrogen-bond acceptors (Lipinski definition) is 5. The third-order valence-corrected chi connectivity index (χ3v) is 5.03. The summed E-state index contributed by atoms with van der Waals surface area (Å²) >= 11 is 5.02. The van der Waals surface area contributed by atoms with Crippen molar-refractivity contribution in [1.82, 2.24) is 10.1 Å². The summed E-state index contributed by atoms with van der Waals surface area (Å²) in [6.45, 7) is 3.99. The van der Waals surface area contributed by atoms with Crippen LogP contribution >= 0.6 is 27.3 Å². The Morgan fingerprint density at radius 1 is 1.25 bits per heavy atom. The Morgan fingerprint density at radius 3 is 2.70 bits per heavy atom.